The van der Waals surface area contributed by atoms with Gasteiger partial charge in [0.2, 0.25) is 5.75 Å². The topological polar surface area (TPSA) is 95.6 Å². The number of nitrogens with one attached hydrogen (secondary N) is 1. The largest absolute Gasteiger partial charge is 0.493 e. The summed E-state index contributed by atoms with van der Waals surface area (Å²) >= 11 is 0. The summed E-state index contributed by atoms with van der Waals surface area (Å²) in [7, 11) is 4.54. The van der Waals surface area contributed by atoms with Gasteiger partial charge in [-0.2, -0.15) is 0 Å². The Hall–Kier alpha value is -2.52. The van der Waals surface area contributed by atoms with E-state index >= 15 is 0 Å². The smallest absolute Gasteiger partial charge is 0.310 e. The molecule has 1 saturated heterocycles. The summed E-state index contributed by atoms with van der Waals surface area (Å²) in [4.78, 5) is 27.3. The monoisotopic (exact) mass is 464 g/mol. The standard InChI is InChI=1S/C24H36N2O7/c1-29-19-13-18(14-20(30-2)23(19)31-3)15-22(28)33-16-21(27)25-17-24(7-5-4-6-8-24)26-9-11-32-12-10-26/h13-14H,4-12,15-17H2,1-3H3,(H,25,27). The van der Waals surface area contributed by atoms with Gasteiger partial charge < -0.3 is 29.0 Å². The Balaban J connectivity index is 1.51. The van der Waals surface area contributed by atoms with Gasteiger partial charge in [-0.25, -0.2) is 0 Å². The molecule has 184 valence electrons. The van der Waals surface area contributed by atoms with E-state index in [0.29, 0.717) is 29.4 Å². The summed E-state index contributed by atoms with van der Waals surface area (Å²) in [5, 5.41) is 3.01. The SMILES string of the molecule is COc1cc(CC(=O)OCC(=O)NCC2(N3CCOCC3)CCCCC2)cc(OC)c1OC. The number of methoxy groups -OCH3 is 3. The van der Waals surface area contributed by atoms with Crippen LogP contribution in [0.2, 0.25) is 0 Å². The van der Waals surface area contributed by atoms with Crippen LogP contribution in [0.1, 0.15) is 37.7 Å². The van der Waals surface area contributed by atoms with E-state index in [1.807, 2.05) is 0 Å². The van der Waals surface area contributed by atoms with Gasteiger partial charge in [-0.1, -0.05) is 19.3 Å². The van der Waals surface area contributed by atoms with E-state index in [1.165, 1.54) is 27.8 Å². The van der Waals surface area contributed by atoms with Crippen molar-refractivity contribution in [2.24, 2.45) is 0 Å². The molecule has 9 nitrogen and oxygen atoms in total. The minimum Gasteiger partial charge on any atom is -0.493 e. The van der Waals surface area contributed by atoms with Crippen LogP contribution in [0, 0.1) is 0 Å². The highest BCUT2D eigenvalue weighted by Crippen LogP contribution is 2.38. The zero-order valence-electron chi connectivity index (χ0n) is 19.9. The molecule has 0 atom stereocenters. The molecule has 0 spiro atoms. The minimum absolute atomic E-state index is 0.0122. The molecule has 0 aromatic heterocycles. The Morgan fingerprint density at radius 1 is 1.00 bits per heavy atom. The molecule has 0 unspecified atom stereocenters. The lowest BCUT2D eigenvalue weighted by Gasteiger charge is -2.48. The third-order valence-corrected chi connectivity index (χ3v) is 6.52. The molecule has 3 rings (SSSR count). The van der Waals surface area contributed by atoms with Crippen molar-refractivity contribution in [2.75, 3.05) is 60.8 Å². The van der Waals surface area contributed by atoms with E-state index in [9.17, 15) is 9.59 Å². The van der Waals surface area contributed by atoms with Gasteiger partial charge in [0, 0.05) is 25.2 Å². The quantitative estimate of drug-likeness (QED) is 0.525. The first-order valence-electron chi connectivity index (χ1n) is 11.6. The first kappa shape index (κ1) is 25.1. The third-order valence-electron chi connectivity index (χ3n) is 6.52. The molecule has 2 fully saturated rings. The zero-order valence-corrected chi connectivity index (χ0v) is 19.9. The van der Waals surface area contributed by atoms with E-state index in [4.69, 9.17) is 23.7 Å². The number of amides is 1. The summed E-state index contributed by atoms with van der Waals surface area (Å²) in [6, 6.07) is 3.38. The molecule has 9 heteroatoms. The van der Waals surface area contributed by atoms with Gasteiger partial charge in [-0.05, 0) is 30.5 Å². The van der Waals surface area contributed by atoms with Gasteiger partial charge in [-0.3, -0.25) is 14.5 Å². The highest BCUT2D eigenvalue weighted by Gasteiger charge is 2.38. The van der Waals surface area contributed by atoms with Crippen molar-refractivity contribution in [1.82, 2.24) is 10.2 Å². The lowest BCUT2D eigenvalue weighted by atomic mass is 9.79. The summed E-state index contributed by atoms with van der Waals surface area (Å²) in [5.74, 6) is 0.580. The van der Waals surface area contributed by atoms with Crippen LogP contribution in [0.15, 0.2) is 12.1 Å². The molecule has 1 amide bonds. The molecule has 1 aliphatic carbocycles. The molecule has 0 radical (unpaired) electrons. The fraction of sp³-hybridized carbons (Fsp3) is 0.667. The van der Waals surface area contributed by atoms with E-state index < -0.39 is 5.97 Å². The molecule has 1 aromatic carbocycles. The maximum absolute atomic E-state index is 12.5. The van der Waals surface area contributed by atoms with E-state index in [-0.39, 0.29) is 24.5 Å². The van der Waals surface area contributed by atoms with Gasteiger partial charge in [0.25, 0.3) is 5.91 Å². The summed E-state index contributed by atoms with van der Waals surface area (Å²) in [6.07, 6.45) is 5.68. The number of carbonyl (C=O) groups excluding carboxylic acids is 2. The third kappa shape index (κ3) is 6.51. The van der Waals surface area contributed by atoms with Gasteiger partial charge in [0.1, 0.15) is 0 Å². The highest BCUT2D eigenvalue weighted by atomic mass is 16.5. The van der Waals surface area contributed by atoms with Gasteiger partial charge in [0.05, 0.1) is 41.0 Å². The maximum atomic E-state index is 12.5. The van der Waals surface area contributed by atoms with Crippen LogP contribution in [0.4, 0.5) is 0 Å². The number of morpholine rings is 1. The lowest BCUT2D eigenvalue weighted by molar-refractivity contribution is -0.148. The molecular weight excluding hydrogens is 428 g/mol. The molecule has 2 aliphatic rings. The molecule has 1 aliphatic heterocycles. The Morgan fingerprint density at radius 3 is 2.21 bits per heavy atom. The van der Waals surface area contributed by atoms with Gasteiger partial charge in [0.15, 0.2) is 18.1 Å². The molecule has 1 heterocycles. The second-order valence-electron chi connectivity index (χ2n) is 8.53. The Bertz CT molecular complexity index is 777. The van der Waals surface area contributed by atoms with Crippen molar-refractivity contribution in [3.63, 3.8) is 0 Å². The number of esters is 1. The van der Waals surface area contributed by atoms with Gasteiger partial charge >= 0.3 is 5.97 Å². The average molecular weight is 465 g/mol. The Kier molecular flexibility index (Phi) is 9.20. The Morgan fingerprint density at radius 2 is 1.64 bits per heavy atom. The van der Waals surface area contributed by atoms with Crippen LogP contribution < -0.4 is 19.5 Å². The first-order chi connectivity index (χ1) is 16.0. The number of hydrogen-bond acceptors (Lipinski definition) is 8. The van der Waals surface area contributed by atoms with Crippen LogP contribution in [0.3, 0.4) is 0 Å². The molecular formula is C24H36N2O7. The van der Waals surface area contributed by atoms with Crippen molar-refractivity contribution in [3.8, 4) is 17.2 Å². The molecule has 1 N–H and O–H groups in total. The predicted molar refractivity (Wildman–Crippen MR) is 122 cm³/mol. The van der Waals surface area contributed by atoms with Crippen molar-refractivity contribution in [3.05, 3.63) is 17.7 Å². The fourth-order valence-electron chi connectivity index (χ4n) is 4.77. The van der Waals surface area contributed by atoms with Crippen LogP contribution in [0.5, 0.6) is 17.2 Å². The van der Waals surface area contributed by atoms with Crippen LogP contribution in [-0.2, 0) is 25.5 Å². The average Bonchev–Trinajstić information content (AvgIpc) is 2.86. The van der Waals surface area contributed by atoms with Crippen LogP contribution in [-0.4, -0.2) is 83.1 Å². The van der Waals surface area contributed by atoms with Crippen molar-refractivity contribution >= 4 is 11.9 Å². The number of rotatable bonds is 10. The lowest BCUT2D eigenvalue weighted by Crippen LogP contribution is -2.59. The summed E-state index contributed by atoms with van der Waals surface area (Å²) in [6.45, 7) is 3.50. The van der Waals surface area contributed by atoms with Crippen molar-refractivity contribution in [2.45, 2.75) is 44.1 Å². The van der Waals surface area contributed by atoms with Crippen LogP contribution in [0.25, 0.3) is 0 Å². The first-order valence-corrected chi connectivity index (χ1v) is 11.6. The van der Waals surface area contributed by atoms with E-state index in [2.05, 4.69) is 10.2 Å². The van der Waals surface area contributed by atoms with Crippen molar-refractivity contribution in [1.29, 1.82) is 0 Å². The minimum atomic E-state index is -0.500. The normalized spacial score (nSPS) is 18.3. The second kappa shape index (κ2) is 12.1. The molecule has 1 saturated carbocycles. The number of hydrogen-bond donors (Lipinski definition) is 1. The fourth-order valence-corrected chi connectivity index (χ4v) is 4.77. The summed E-state index contributed by atoms with van der Waals surface area (Å²) < 4.78 is 26.7. The number of ether oxygens (including phenoxy) is 5. The van der Waals surface area contributed by atoms with E-state index in [0.717, 1.165) is 52.0 Å². The maximum Gasteiger partial charge on any atom is 0.310 e. The van der Waals surface area contributed by atoms with Gasteiger partial charge in [-0.15, -0.1) is 0 Å². The second-order valence-corrected chi connectivity index (χ2v) is 8.53. The number of carbonyl (C=O) groups is 2. The molecule has 0 bridgehead atoms. The number of nitrogens with zero attached hydrogens (tertiary/aromatic N) is 1. The predicted octanol–water partition coefficient (Wildman–Crippen LogP) is 1.95. The number of benzene rings is 1. The summed E-state index contributed by atoms with van der Waals surface area (Å²) in [5.41, 5.74) is 0.612. The van der Waals surface area contributed by atoms with E-state index in [1.54, 1.807) is 12.1 Å². The highest BCUT2D eigenvalue weighted by molar-refractivity contribution is 5.81. The Labute approximate surface area is 195 Å². The molecule has 1 aromatic rings. The van der Waals surface area contributed by atoms with Crippen LogP contribution >= 0.6 is 0 Å². The van der Waals surface area contributed by atoms with Crippen molar-refractivity contribution < 1.29 is 33.3 Å². The molecule has 33 heavy (non-hydrogen) atoms. The zero-order chi connectivity index (χ0) is 23.7.